The molecule has 1 N–H and O–H groups in total. The molecule has 1 heterocycles. The van der Waals surface area contributed by atoms with Gasteiger partial charge in [-0.25, -0.2) is 13.1 Å². The molecule has 106 valence electrons. The average molecular weight is 278 g/mol. The minimum atomic E-state index is -3.29. The summed E-state index contributed by atoms with van der Waals surface area (Å²) in [5.74, 6) is -0.398. The van der Waals surface area contributed by atoms with Gasteiger partial charge in [0.05, 0.1) is 12.9 Å². The predicted molar refractivity (Wildman–Crippen MR) is 68.7 cm³/mol. The Kier molecular flexibility index (Phi) is 6.04. The number of likely N-dealkylation sites (tertiary alicyclic amines) is 1. The third kappa shape index (κ3) is 5.79. The topological polar surface area (TPSA) is 75.7 Å². The summed E-state index contributed by atoms with van der Waals surface area (Å²) in [4.78, 5) is 13.0. The number of piperidine rings is 1. The lowest BCUT2D eigenvalue weighted by Gasteiger charge is -2.29. The first-order chi connectivity index (χ1) is 8.43. The van der Waals surface area contributed by atoms with Crippen molar-refractivity contribution < 1.29 is 17.9 Å². The maximum atomic E-state index is 11.8. The fourth-order valence-corrected chi connectivity index (χ4v) is 3.43. The first-order valence-corrected chi connectivity index (χ1v) is 7.83. The molecular weight excluding hydrogens is 256 g/mol. The van der Waals surface area contributed by atoms with Crippen LogP contribution in [0.25, 0.3) is 0 Å². The molecule has 1 aliphatic rings. The maximum absolute atomic E-state index is 11.8. The summed E-state index contributed by atoms with van der Waals surface area (Å²) in [6.07, 6.45) is 2.32. The number of ether oxygens (including phenoxy) is 1. The van der Waals surface area contributed by atoms with Crippen molar-refractivity contribution in [1.29, 1.82) is 0 Å². The van der Waals surface area contributed by atoms with E-state index in [0.717, 1.165) is 25.9 Å². The maximum Gasteiger partial charge on any atom is 0.305 e. The van der Waals surface area contributed by atoms with Crippen LogP contribution < -0.4 is 4.72 Å². The summed E-state index contributed by atoms with van der Waals surface area (Å²) in [6.45, 7) is 1.76. The van der Waals surface area contributed by atoms with Gasteiger partial charge < -0.3 is 9.64 Å². The molecule has 0 aromatic heterocycles. The summed E-state index contributed by atoms with van der Waals surface area (Å²) in [6, 6.07) is -0.00752. The first kappa shape index (κ1) is 15.4. The first-order valence-electron chi connectivity index (χ1n) is 6.18. The van der Waals surface area contributed by atoms with E-state index in [0.29, 0.717) is 6.42 Å². The molecule has 1 fully saturated rings. The molecule has 0 aliphatic carbocycles. The van der Waals surface area contributed by atoms with Crippen LogP contribution in [0.15, 0.2) is 0 Å². The molecule has 18 heavy (non-hydrogen) atoms. The molecule has 0 saturated carbocycles. The van der Waals surface area contributed by atoms with Crippen molar-refractivity contribution in [2.24, 2.45) is 0 Å². The van der Waals surface area contributed by atoms with Crippen molar-refractivity contribution >= 4 is 16.0 Å². The highest BCUT2D eigenvalue weighted by molar-refractivity contribution is 7.89. The van der Waals surface area contributed by atoms with E-state index in [1.165, 1.54) is 7.11 Å². The van der Waals surface area contributed by atoms with Gasteiger partial charge in [-0.3, -0.25) is 4.79 Å². The number of methoxy groups -OCH3 is 1. The molecule has 0 bridgehead atoms. The van der Waals surface area contributed by atoms with E-state index in [1.807, 2.05) is 7.05 Å². The third-order valence-electron chi connectivity index (χ3n) is 2.99. The van der Waals surface area contributed by atoms with Crippen molar-refractivity contribution in [3.8, 4) is 0 Å². The molecule has 0 aromatic carbocycles. The number of carbonyl (C=O) groups excluding carboxylic acids is 1. The zero-order chi connectivity index (χ0) is 13.6. The summed E-state index contributed by atoms with van der Waals surface area (Å²) < 4.78 is 30.8. The highest BCUT2D eigenvalue weighted by atomic mass is 32.2. The molecule has 0 radical (unpaired) electrons. The van der Waals surface area contributed by atoms with Crippen LogP contribution in [0.2, 0.25) is 0 Å². The van der Waals surface area contributed by atoms with Gasteiger partial charge in [0, 0.05) is 19.0 Å². The van der Waals surface area contributed by atoms with E-state index in [9.17, 15) is 13.2 Å². The fraction of sp³-hybridized carbons (Fsp3) is 0.909. The molecule has 0 aromatic rings. The second-order valence-electron chi connectivity index (χ2n) is 4.72. The van der Waals surface area contributed by atoms with E-state index in [4.69, 9.17) is 0 Å². The zero-order valence-corrected chi connectivity index (χ0v) is 11.8. The van der Waals surface area contributed by atoms with Gasteiger partial charge >= 0.3 is 5.97 Å². The molecule has 1 aliphatic heterocycles. The Morgan fingerprint density at radius 1 is 1.50 bits per heavy atom. The highest BCUT2D eigenvalue weighted by Gasteiger charge is 2.22. The lowest BCUT2D eigenvalue weighted by atomic mass is 10.1. The normalized spacial score (nSPS) is 21.8. The van der Waals surface area contributed by atoms with Gasteiger partial charge in [0.15, 0.2) is 0 Å². The summed E-state index contributed by atoms with van der Waals surface area (Å²) in [7, 11) is -0.0106. The van der Waals surface area contributed by atoms with Gasteiger partial charge in [-0.05, 0) is 32.9 Å². The van der Waals surface area contributed by atoms with Crippen LogP contribution in [0.3, 0.4) is 0 Å². The number of rotatable bonds is 6. The number of hydrogen-bond acceptors (Lipinski definition) is 5. The van der Waals surface area contributed by atoms with Crippen LogP contribution in [0.1, 0.15) is 25.7 Å². The Morgan fingerprint density at radius 2 is 2.22 bits per heavy atom. The van der Waals surface area contributed by atoms with E-state index in [-0.39, 0.29) is 24.2 Å². The molecule has 1 atom stereocenters. The van der Waals surface area contributed by atoms with Crippen LogP contribution in [0, 0.1) is 0 Å². The molecular formula is C11H22N2O4S. The van der Waals surface area contributed by atoms with Crippen molar-refractivity contribution in [2.45, 2.75) is 31.7 Å². The molecule has 0 amide bonds. The average Bonchev–Trinajstić information content (AvgIpc) is 2.27. The molecule has 6 nitrogen and oxygen atoms in total. The van der Waals surface area contributed by atoms with Crippen molar-refractivity contribution in [3.63, 3.8) is 0 Å². The van der Waals surface area contributed by atoms with Gasteiger partial charge in [-0.1, -0.05) is 0 Å². The van der Waals surface area contributed by atoms with Gasteiger partial charge in [-0.2, -0.15) is 0 Å². The second-order valence-corrected chi connectivity index (χ2v) is 6.59. The van der Waals surface area contributed by atoms with E-state index >= 15 is 0 Å². The van der Waals surface area contributed by atoms with Crippen molar-refractivity contribution in [1.82, 2.24) is 9.62 Å². The van der Waals surface area contributed by atoms with E-state index in [1.54, 1.807) is 0 Å². The van der Waals surface area contributed by atoms with Crippen LogP contribution >= 0.6 is 0 Å². The Hall–Kier alpha value is -0.660. The van der Waals surface area contributed by atoms with Crippen LogP contribution in [-0.2, 0) is 19.6 Å². The van der Waals surface area contributed by atoms with Crippen LogP contribution in [-0.4, -0.2) is 58.3 Å². The second kappa shape index (κ2) is 7.06. The molecule has 1 saturated heterocycles. The smallest absolute Gasteiger partial charge is 0.305 e. The lowest BCUT2D eigenvalue weighted by molar-refractivity contribution is -0.140. The van der Waals surface area contributed by atoms with Crippen molar-refractivity contribution in [2.75, 3.05) is 33.0 Å². The molecule has 1 unspecified atom stereocenters. The van der Waals surface area contributed by atoms with E-state index < -0.39 is 10.0 Å². The quantitative estimate of drug-likeness (QED) is 0.690. The number of sulfonamides is 1. The lowest BCUT2D eigenvalue weighted by Crippen LogP contribution is -2.46. The SMILES string of the molecule is COC(=O)CCCS(=O)(=O)NC1CCCN(C)C1. The zero-order valence-electron chi connectivity index (χ0n) is 11.0. The largest absolute Gasteiger partial charge is 0.469 e. The fourth-order valence-electron chi connectivity index (χ4n) is 2.08. The van der Waals surface area contributed by atoms with Gasteiger partial charge in [0.2, 0.25) is 10.0 Å². The molecule has 7 heteroatoms. The van der Waals surface area contributed by atoms with Crippen LogP contribution in [0.5, 0.6) is 0 Å². The van der Waals surface area contributed by atoms with Gasteiger partial charge in [-0.15, -0.1) is 0 Å². The minimum Gasteiger partial charge on any atom is -0.469 e. The number of likely N-dealkylation sites (N-methyl/N-ethyl adjacent to an activating group) is 1. The van der Waals surface area contributed by atoms with E-state index in [2.05, 4.69) is 14.4 Å². The number of nitrogens with zero attached hydrogens (tertiary/aromatic N) is 1. The Balaban J connectivity index is 2.32. The number of carbonyl (C=O) groups is 1. The molecule has 1 rings (SSSR count). The highest BCUT2D eigenvalue weighted by Crippen LogP contribution is 2.09. The summed E-state index contributed by atoms with van der Waals surface area (Å²) in [5, 5.41) is 0. The predicted octanol–water partition coefficient (Wildman–Crippen LogP) is -0.0468. The number of hydrogen-bond donors (Lipinski definition) is 1. The standard InChI is InChI=1S/C11H22N2O4S/c1-13-7-3-5-10(9-13)12-18(15,16)8-4-6-11(14)17-2/h10,12H,3-9H2,1-2H3. The summed E-state index contributed by atoms with van der Waals surface area (Å²) in [5.41, 5.74) is 0. The van der Waals surface area contributed by atoms with Crippen LogP contribution in [0.4, 0.5) is 0 Å². The van der Waals surface area contributed by atoms with Crippen molar-refractivity contribution in [3.05, 3.63) is 0 Å². The third-order valence-corrected chi connectivity index (χ3v) is 4.51. The minimum absolute atomic E-state index is 0.00752. The molecule has 0 spiro atoms. The number of esters is 1. The monoisotopic (exact) mass is 278 g/mol. The Bertz CT molecular complexity index is 369. The van der Waals surface area contributed by atoms with Gasteiger partial charge in [0.25, 0.3) is 0 Å². The Labute approximate surface area is 109 Å². The Morgan fingerprint density at radius 3 is 2.83 bits per heavy atom. The van der Waals surface area contributed by atoms with Gasteiger partial charge in [0.1, 0.15) is 0 Å². The summed E-state index contributed by atoms with van der Waals surface area (Å²) >= 11 is 0. The number of nitrogens with one attached hydrogen (secondary N) is 1.